The summed E-state index contributed by atoms with van der Waals surface area (Å²) in [5, 5.41) is 1.05. The summed E-state index contributed by atoms with van der Waals surface area (Å²) < 4.78 is 16.7. The topological polar surface area (TPSA) is 51.9 Å². The van der Waals surface area contributed by atoms with E-state index in [0.717, 1.165) is 34.7 Å². The largest absolute Gasteiger partial charge is 0.460 e. The number of ether oxygens (including phenoxy) is 2. The van der Waals surface area contributed by atoms with Gasteiger partial charge in [-0.3, -0.25) is 0 Å². The van der Waals surface area contributed by atoms with Gasteiger partial charge in [0.25, 0.3) is 0 Å². The van der Waals surface area contributed by atoms with Crippen LogP contribution >= 0.6 is 24.0 Å². The van der Waals surface area contributed by atoms with Gasteiger partial charge in [-0.15, -0.1) is 11.8 Å². The van der Waals surface area contributed by atoms with Crippen molar-refractivity contribution in [1.29, 1.82) is 0 Å². The summed E-state index contributed by atoms with van der Waals surface area (Å²) in [7, 11) is 0. The van der Waals surface area contributed by atoms with Gasteiger partial charge in [0, 0.05) is 46.5 Å². The molecule has 152 valence electrons. The summed E-state index contributed by atoms with van der Waals surface area (Å²) in [6, 6.07) is 8.09. The molecular formula is C21H27NO4S2. The molecule has 0 spiro atoms. The van der Waals surface area contributed by atoms with E-state index in [1.54, 1.807) is 18.7 Å². The Kier molecular flexibility index (Phi) is 9.02. The predicted octanol–water partition coefficient (Wildman–Crippen LogP) is 5.24. The van der Waals surface area contributed by atoms with Gasteiger partial charge in [0.2, 0.25) is 0 Å². The van der Waals surface area contributed by atoms with Gasteiger partial charge in [-0.1, -0.05) is 6.58 Å². The summed E-state index contributed by atoms with van der Waals surface area (Å²) in [5.41, 5.74) is 2.35. The summed E-state index contributed by atoms with van der Waals surface area (Å²) in [6.45, 7) is 12.5. The van der Waals surface area contributed by atoms with E-state index in [1.165, 1.54) is 5.69 Å². The zero-order chi connectivity index (χ0) is 20.5. The first kappa shape index (κ1) is 22.5. The Morgan fingerprint density at radius 2 is 1.96 bits per heavy atom. The molecule has 1 aromatic heterocycles. The molecule has 2 rings (SSSR count). The second-order valence-corrected chi connectivity index (χ2v) is 7.70. The lowest BCUT2D eigenvalue weighted by Crippen LogP contribution is -2.21. The average molecular weight is 422 g/mol. The zero-order valence-electron chi connectivity index (χ0n) is 16.7. The SMILES string of the molecule is C=C(C)C(=O)OCCOCCSc1cc(=S)oc2ccc(N(CC)CC)cc12. The fourth-order valence-electron chi connectivity index (χ4n) is 2.66. The molecule has 7 heteroatoms. The molecule has 0 amide bonds. The van der Waals surface area contributed by atoms with Crippen molar-refractivity contribution in [3.05, 3.63) is 41.1 Å². The molecule has 1 aromatic carbocycles. The number of rotatable bonds is 11. The number of esters is 1. The number of anilines is 1. The van der Waals surface area contributed by atoms with Gasteiger partial charge in [0.1, 0.15) is 12.2 Å². The molecule has 1 heterocycles. The molecule has 0 aliphatic rings. The van der Waals surface area contributed by atoms with Gasteiger partial charge >= 0.3 is 5.97 Å². The van der Waals surface area contributed by atoms with Crippen LogP contribution in [0.2, 0.25) is 0 Å². The predicted molar refractivity (Wildman–Crippen MR) is 118 cm³/mol. The molecule has 0 bridgehead atoms. The summed E-state index contributed by atoms with van der Waals surface area (Å²) in [6.07, 6.45) is 0. The van der Waals surface area contributed by atoms with Crippen LogP contribution in [0.5, 0.6) is 0 Å². The molecule has 5 nitrogen and oxygen atoms in total. The van der Waals surface area contributed by atoms with Crippen molar-refractivity contribution in [3.8, 4) is 0 Å². The molecule has 0 atom stereocenters. The van der Waals surface area contributed by atoms with E-state index in [-0.39, 0.29) is 12.6 Å². The second-order valence-electron chi connectivity index (χ2n) is 6.16. The number of hydrogen-bond acceptors (Lipinski definition) is 7. The number of fused-ring (bicyclic) bond motifs is 1. The fraction of sp³-hybridized carbons (Fsp3) is 0.429. The number of carbonyl (C=O) groups excluding carboxylic acids is 1. The van der Waals surface area contributed by atoms with Gasteiger partial charge in [0.05, 0.1) is 13.2 Å². The van der Waals surface area contributed by atoms with Crippen molar-refractivity contribution < 1.29 is 18.7 Å². The molecule has 0 fully saturated rings. The molecule has 0 saturated heterocycles. The van der Waals surface area contributed by atoms with Crippen molar-refractivity contribution in [3.63, 3.8) is 0 Å². The third-order valence-corrected chi connectivity index (χ3v) is 5.33. The van der Waals surface area contributed by atoms with Gasteiger partial charge in [-0.25, -0.2) is 4.79 Å². The highest BCUT2D eigenvalue weighted by molar-refractivity contribution is 7.99. The maximum Gasteiger partial charge on any atom is 0.333 e. The highest BCUT2D eigenvalue weighted by Gasteiger charge is 2.09. The number of carbonyl (C=O) groups is 1. The standard InChI is InChI=1S/C21H27NO4S2/c1-5-22(6-2)16-7-8-18-17(13-16)19(14-20(27)26-18)28-12-11-24-9-10-25-21(23)15(3)4/h7-8,13-14H,3,5-6,9-12H2,1-2,4H3. The molecule has 0 aliphatic carbocycles. The van der Waals surface area contributed by atoms with E-state index in [4.69, 9.17) is 26.1 Å². The minimum atomic E-state index is -0.389. The molecule has 0 N–H and O–H groups in total. The fourth-order valence-corrected chi connectivity index (χ4v) is 3.86. The lowest BCUT2D eigenvalue weighted by Gasteiger charge is -2.21. The van der Waals surface area contributed by atoms with Crippen LogP contribution in [0.3, 0.4) is 0 Å². The number of thioether (sulfide) groups is 1. The second kappa shape index (κ2) is 11.2. The van der Waals surface area contributed by atoms with Gasteiger partial charge in [0.15, 0.2) is 4.71 Å². The Bertz CT molecular complexity index is 874. The van der Waals surface area contributed by atoms with Crippen LogP contribution in [-0.2, 0) is 14.3 Å². The Balaban J connectivity index is 1.96. The normalized spacial score (nSPS) is 10.8. The molecule has 2 aromatic rings. The van der Waals surface area contributed by atoms with Gasteiger partial charge in [-0.05, 0) is 51.2 Å². The third kappa shape index (κ3) is 6.36. The van der Waals surface area contributed by atoms with Crippen molar-refractivity contribution >= 4 is 46.6 Å². The van der Waals surface area contributed by atoms with E-state index in [1.807, 2.05) is 12.1 Å². The lowest BCUT2D eigenvalue weighted by molar-refractivity contribution is -0.140. The van der Waals surface area contributed by atoms with Crippen LogP contribution in [0.25, 0.3) is 11.0 Å². The van der Waals surface area contributed by atoms with Crippen molar-refractivity contribution in [2.24, 2.45) is 0 Å². The smallest absolute Gasteiger partial charge is 0.333 e. The Morgan fingerprint density at radius 3 is 2.64 bits per heavy atom. The van der Waals surface area contributed by atoms with Crippen LogP contribution in [0.15, 0.2) is 45.7 Å². The molecule has 28 heavy (non-hydrogen) atoms. The first-order chi connectivity index (χ1) is 13.5. The number of nitrogens with zero attached hydrogens (tertiary/aromatic N) is 1. The average Bonchev–Trinajstić information content (AvgIpc) is 2.67. The van der Waals surface area contributed by atoms with Crippen molar-refractivity contribution in [2.75, 3.05) is 43.6 Å². The summed E-state index contributed by atoms with van der Waals surface area (Å²) in [5.74, 6) is 0.372. The van der Waals surface area contributed by atoms with Crippen molar-refractivity contribution in [1.82, 2.24) is 0 Å². The monoisotopic (exact) mass is 421 g/mol. The van der Waals surface area contributed by atoms with Crippen molar-refractivity contribution in [2.45, 2.75) is 25.7 Å². The minimum absolute atomic E-state index is 0.229. The van der Waals surface area contributed by atoms with E-state index in [0.29, 0.717) is 23.5 Å². The maximum atomic E-state index is 11.3. The zero-order valence-corrected chi connectivity index (χ0v) is 18.3. The van der Waals surface area contributed by atoms with Gasteiger partial charge in [-0.2, -0.15) is 0 Å². The Hall–Kier alpha value is -1.83. The Morgan fingerprint density at radius 1 is 1.21 bits per heavy atom. The molecule has 0 unspecified atom stereocenters. The molecule has 0 aliphatic heterocycles. The van der Waals surface area contributed by atoms with Crippen LogP contribution in [0, 0.1) is 4.71 Å². The van der Waals surface area contributed by atoms with Gasteiger partial charge < -0.3 is 18.8 Å². The Labute approximate surface area is 175 Å². The highest BCUT2D eigenvalue weighted by atomic mass is 32.2. The first-order valence-corrected chi connectivity index (χ1v) is 10.7. The van der Waals surface area contributed by atoms with E-state index < -0.39 is 0 Å². The maximum absolute atomic E-state index is 11.3. The summed E-state index contributed by atoms with van der Waals surface area (Å²) in [4.78, 5) is 14.7. The number of hydrogen-bond donors (Lipinski definition) is 0. The minimum Gasteiger partial charge on any atom is -0.460 e. The number of benzene rings is 1. The van der Waals surface area contributed by atoms with Crippen LogP contribution in [0.4, 0.5) is 5.69 Å². The van der Waals surface area contributed by atoms with E-state index in [9.17, 15) is 4.79 Å². The van der Waals surface area contributed by atoms with E-state index >= 15 is 0 Å². The molecular weight excluding hydrogens is 394 g/mol. The van der Waals surface area contributed by atoms with Crippen LogP contribution < -0.4 is 4.90 Å². The molecule has 0 radical (unpaired) electrons. The van der Waals surface area contributed by atoms with E-state index in [2.05, 4.69) is 37.5 Å². The first-order valence-electron chi connectivity index (χ1n) is 9.32. The lowest BCUT2D eigenvalue weighted by atomic mass is 10.2. The van der Waals surface area contributed by atoms with Crippen LogP contribution in [0.1, 0.15) is 20.8 Å². The highest BCUT2D eigenvalue weighted by Crippen LogP contribution is 2.31. The van der Waals surface area contributed by atoms with Crippen LogP contribution in [-0.4, -0.2) is 44.6 Å². The summed E-state index contributed by atoms with van der Waals surface area (Å²) >= 11 is 6.94. The molecule has 0 saturated carbocycles. The third-order valence-electron chi connectivity index (χ3n) is 4.11. The quantitative estimate of drug-likeness (QED) is 0.162.